The van der Waals surface area contributed by atoms with Gasteiger partial charge in [-0.2, -0.15) is 0 Å². The van der Waals surface area contributed by atoms with Gasteiger partial charge >= 0.3 is 0 Å². The molecule has 6 heteroatoms. The predicted molar refractivity (Wildman–Crippen MR) is 68.6 cm³/mol. The Morgan fingerprint density at radius 2 is 2.06 bits per heavy atom. The monoisotopic (exact) mass is 269 g/mol. The molecule has 0 saturated heterocycles. The van der Waals surface area contributed by atoms with Crippen molar-refractivity contribution in [3.05, 3.63) is 36.1 Å². The maximum absolute atomic E-state index is 11.0. The average molecular weight is 269 g/mol. The van der Waals surface area contributed by atoms with Crippen molar-refractivity contribution < 1.29 is 17.9 Å². The molecule has 0 radical (unpaired) electrons. The predicted octanol–water partition coefficient (Wildman–Crippen LogP) is 1.19. The molecule has 1 unspecified atom stereocenters. The van der Waals surface area contributed by atoms with Gasteiger partial charge in [-0.25, -0.2) is 13.1 Å². The molecule has 1 heterocycles. The summed E-state index contributed by atoms with van der Waals surface area (Å²) in [5.74, 6) is 0.333. The highest BCUT2D eigenvalue weighted by atomic mass is 32.2. The van der Waals surface area contributed by atoms with Crippen LogP contribution in [0.15, 0.2) is 34.7 Å². The first-order valence-corrected chi connectivity index (χ1v) is 7.33. The lowest BCUT2D eigenvalue weighted by Gasteiger charge is -2.20. The van der Waals surface area contributed by atoms with Crippen LogP contribution in [0.4, 0.5) is 0 Å². The van der Waals surface area contributed by atoms with E-state index < -0.39 is 15.6 Å². The summed E-state index contributed by atoms with van der Waals surface area (Å²) < 4.78 is 29.8. The van der Waals surface area contributed by atoms with Gasteiger partial charge in [-0.05, 0) is 19.1 Å². The van der Waals surface area contributed by atoms with Gasteiger partial charge in [-0.3, -0.25) is 0 Å². The van der Waals surface area contributed by atoms with Crippen LogP contribution in [-0.2, 0) is 15.6 Å². The van der Waals surface area contributed by atoms with Crippen molar-refractivity contribution in [3.63, 3.8) is 0 Å². The van der Waals surface area contributed by atoms with Gasteiger partial charge in [-0.15, -0.1) is 0 Å². The van der Waals surface area contributed by atoms with Gasteiger partial charge in [0.15, 0.2) is 0 Å². The van der Waals surface area contributed by atoms with Crippen LogP contribution in [-0.4, -0.2) is 26.3 Å². The number of sulfonamides is 1. The zero-order chi connectivity index (χ0) is 13.4. The molecule has 0 saturated carbocycles. The van der Waals surface area contributed by atoms with E-state index in [9.17, 15) is 13.5 Å². The Morgan fingerprint density at radius 3 is 2.67 bits per heavy atom. The minimum atomic E-state index is -3.35. The second-order valence-electron chi connectivity index (χ2n) is 4.52. The van der Waals surface area contributed by atoms with Crippen molar-refractivity contribution in [2.24, 2.45) is 0 Å². The normalized spacial score (nSPS) is 15.7. The van der Waals surface area contributed by atoms with Gasteiger partial charge in [0.05, 0.1) is 6.26 Å². The minimum Gasteiger partial charge on any atom is -0.458 e. The highest BCUT2D eigenvalue weighted by Gasteiger charge is 2.28. The van der Waals surface area contributed by atoms with Gasteiger partial charge < -0.3 is 9.52 Å². The topological polar surface area (TPSA) is 79.5 Å². The van der Waals surface area contributed by atoms with Gasteiger partial charge in [-0.1, -0.05) is 18.2 Å². The molecule has 0 aliphatic rings. The van der Waals surface area contributed by atoms with Crippen molar-refractivity contribution in [1.82, 2.24) is 4.72 Å². The van der Waals surface area contributed by atoms with E-state index in [1.165, 1.54) is 6.92 Å². The molecule has 0 amide bonds. The number of para-hydroxylation sites is 1. The second kappa shape index (κ2) is 4.38. The van der Waals surface area contributed by atoms with E-state index in [1.54, 1.807) is 12.1 Å². The first kappa shape index (κ1) is 13.1. The number of hydrogen-bond donors (Lipinski definition) is 2. The number of aliphatic hydroxyl groups is 1. The molecule has 2 rings (SSSR count). The number of furan rings is 1. The van der Waals surface area contributed by atoms with Gasteiger partial charge in [0.2, 0.25) is 10.0 Å². The fraction of sp³-hybridized carbons (Fsp3) is 0.333. The first-order chi connectivity index (χ1) is 8.28. The molecule has 2 aromatic rings. The summed E-state index contributed by atoms with van der Waals surface area (Å²) in [6.45, 7) is 1.37. The Kier molecular flexibility index (Phi) is 3.18. The second-order valence-corrected chi connectivity index (χ2v) is 6.35. The summed E-state index contributed by atoms with van der Waals surface area (Å²) in [6.07, 6.45) is 1.04. The number of hydrogen-bond acceptors (Lipinski definition) is 4. The van der Waals surface area contributed by atoms with E-state index in [1.807, 2.05) is 18.2 Å². The van der Waals surface area contributed by atoms with Crippen molar-refractivity contribution in [3.8, 4) is 0 Å². The van der Waals surface area contributed by atoms with Crippen LogP contribution in [0.3, 0.4) is 0 Å². The van der Waals surface area contributed by atoms with Crippen molar-refractivity contribution in [2.75, 3.05) is 12.8 Å². The smallest absolute Gasteiger partial charge is 0.208 e. The lowest BCUT2D eigenvalue weighted by molar-refractivity contribution is 0.0412. The quantitative estimate of drug-likeness (QED) is 0.873. The standard InChI is InChI=1S/C12H15NO4S/c1-12(14,8-13-18(2,15)16)11-7-9-5-3-4-6-10(9)17-11/h3-7,13-14H,8H2,1-2H3. The van der Waals surface area contributed by atoms with Crippen molar-refractivity contribution in [2.45, 2.75) is 12.5 Å². The Bertz CT molecular complexity index is 625. The van der Waals surface area contributed by atoms with Crippen molar-refractivity contribution >= 4 is 21.0 Å². The molecular weight excluding hydrogens is 254 g/mol. The van der Waals surface area contributed by atoms with Gasteiger partial charge in [0.25, 0.3) is 0 Å². The number of nitrogens with one attached hydrogen (secondary N) is 1. The number of benzene rings is 1. The van der Waals surface area contributed by atoms with E-state index in [0.717, 1.165) is 11.6 Å². The molecule has 1 aromatic heterocycles. The summed E-state index contributed by atoms with van der Waals surface area (Å²) in [7, 11) is -3.35. The molecule has 1 atom stereocenters. The molecule has 18 heavy (non-hydrogen) atoms. The summed E-state index contributed by atoms with van der Waals surface area (Å²) in [5.41, 5.74) is -0.727. The van der Waals surface area contributed by atoms with Gasteiger partial charge in [0, 0.05) is 11.9 Å². The van der Waals surface area contributed by atoms with Crippen LogP contribution in [0.25, 0.3) is 11.0 Å². The third-order valence-corrected chi connectivity index (χ3v) is 3.30. The zero-order valence-electron chi connectivity index (χ0n) is 10.2. The lowest BCUT2D eigenvalue weighted by atomic mass is 10.0. The van der Waals surface area contributed by atoms with Crippen LogP contribution in [0.2, 0.25) is 0 Å². The van der Waals surface area contributed by atoms with Crippen LogP contribution >= 0.6 is 0 Å². The molecule has 0 fully saturated rings. The molecule has 98 valence electrons. The maximum Gasteiger partial charge on any atom is 0.208 e. The van der Waals surface area contributed by atoms with Gasteiger partial charge in [0.1, 0.15) is 16.9 Å². The number of rotatable bonds is 4. The summed E-state index contributed by atoms with van der Waals surface area (Å²) in [6, 6.07) is 9.06. The SMILES string of the molecule is CC(O)(CNS(C)(=O)=O)c1cc2ccccc2o1. The van der Waals surface area contributed by atoms with Crippen molar-refractivity contribution in [1.29, 1.82) is 0 Å². The minimum absolute atomic E-state index is 0.133. The molecule has 1 aromatic carbocycles. The van der Waals surface area contributed by atoms with Crippen LogP contribution in [0.5, 0.6) is 0 Å². The maximum atomic E-state index is 11.0. The lowest BCUT2D eigenvalue weighted by Crippen LogP contribution is -2.37. The molecule has 5 nitrogen and oxygen atoms in total. The summed E-state index contributed by atoms with van der Waals surface area (Å²) in [4.78, 5) is 0. The number of fused-ring (bicyclic) bond motifs is 1. The highest BCUT2D eigenvalue weighted by molar-refractivity contribution is 7.88. The Hall–Kier alpha value is -1.37. The Balaban J connectivity index is 2.28. The molecule has 0 bridgehead atoms. The largest absolute Gasteiger partial charge is 0.458 e. The average Bonchev–Trinajstić information content (AvgIpc) is 2.70. The van der Waals surface area contributed by atoms with E-state index >= 15 is 0 Å². The fourth-order valence-corrected chi connectivity index (χ4v) is 2.15. The van der Waals surface area contributed by atoms with E-state index in [-0.39, 0.29) is 6.54 Å². The summed E-state index contributed by atoms with van der Waals surface area (Å²) >= 11 is 0. The van der Waals surface area contributed by atoms with Crippen LogP contribution in [0.1, 0.15) is 12.7 Å². The molecule has 0 aliphatic carbocycles. The Morgan fingerprint density at radius 1 is 1.39 bits per heavy atom. The van der Waals surface area contributed by atoms with Crippen LogP contribution < -0.4 is 4.72 Å². The zero-order valence-corrected chi connectivity index (χ0v) is 11.0. The van der Waals surface area contributed by atoms with E-state index in [4.69, 9.17) is 4.42 Å². The fourth-order valence-electron chi connectivity index (χ4n) is 1.61. The molecule has 0 aliphatic heterocycles. The van der Waals surface area contributed by atoms with E-state index in [0.29, 0.717) is 11.3 Å². The van der Waals surface area contributed by atoms with E-state index in [2.05, 4.69) is 4.72 Å². The van der Waals surface area contributed by atoms with Crippen LogP contribution in [0, 0.1) is 0 Å². The highest BCUT2D eigenvalue weighted by Crippen LogP contribution is 2.27. The third-order valence-electron chi connectivity index (χ3n) is 2.63. The third kappa shape index (κ3) is 2.90. The summed E-state index contributed by atoms with van der Waals surface area (Å²) in [5, 5.41) is 11.1. The molecule has 0 spiro atoms. The molecule has 2 N–H and O–H groups in total. The Labute approximate surface area is 105 Å². The molecular formula is C12H15NO4S. The first-order valence-electron chi connectivity index (χ1n) is 5.44.